The second kappa shape index (κ2) is 7.74. The third-order valence-electron chi connectivity index (χ3n) is 3.37. The predicted octanol–water partition coefficient (Wildman–Crippen LogP) is 3.38. The van der Waals surface area contributed by atoms with E-state index >= 15 is 0 Å². The summed E-state index contributed by atoms with van der Waals surface area (Å²) in [6.45, 7) is 3.48. The van der Waals surface area contributed by atoms with Gasteiger partial charge in [0.1, 0.15) is 29.2 Å². The number of rotatable bonds is 3. The second-order valence-corrected chi connectivity index (χ2v) is 5.14. The van der Waals surface area contributed by atoms with Crippen LogP contribution in [-0.2, 0) is 12.8 Å². The lowest BCUT2D eigenvalue weighted by atomic mass is 10.1. The lowest BCUT2D eigenvalue weighted by molar-refractivity contribution is 0.134. The van der Waals surface area contributed by atoms with Crippen LogP contribution in [0.4, 0.5) is 8.78 Å². The average molecular weight is 320 g/mol. The maximum Gasteiger partial charge on any atom is 0.126 e. The second-order valence-electron chi connectivity index (χ2n) is 5.14. The van der Waals surface area contributed by atoms with Crippen molar-refractivity contribution in [2.45, 2.75) is 18.9 Å². The van der Waals surface area contributed by atoms with Gasteiger partial charge in [0.25, 0.3) is 0 Å². The zero-order chi connectivity index (χ0) is 16.8. The number of phenolic OH excluding ortho intramolecular Hbond substituents is 1. The van der Waals surface area contributed by atoms with E-state index < -0.39 is 0 Å². The number of allylic oxidation sites excluding steroid dienone is 1. The summed E-state index contributed by atoms with van der Waals surface area (Å²) >= 11 is 0. The lowest BCUT2D eigenvalue weighted by Gasteiger charge is -2.04. The number of phenols is 1. The van der Waals surface area contributed by atoms with Crippen LogP contribution in [0.15, 0.2) is 49.1 Å². The molecule has 2 N–H and O–H groups in total. The molecule has 122 valence electrons. The molecule has 1 heterocycles. The summed E-state index contributed by atoms with van der Waals surface area (Å²) in [5.41, 5.74) is 1.41. The molecule has 23 heavy (non-hydrogen) atoms. The maximum atomic E-state index is 12.7. The number of benzene rings is 2. The number of hydrogen-bond acceptors (Lipinski definition) is 3. The highest BCUT2D eigenvalue weighted by Gasteiger charge is 2.21. The number of aliphatic hydroxyl groups excluding tert-OH is 1. The van der Waals surface area contributed by atoms with Gasteiger partial charge in [-0.3, -0.25) is 0 Å². The fourth-order valence-corrected chi connectivity index (χ4v) is 2.26. The number of aromatic hydroxyl groups is 1. The van der Waals surface area contributed by atoms with E-state index in [0.29, 0.717) is 24.2 Å². The molecule has 1 aliphatic rings. The highest BCUT2D eigenvalue weighted by atomic mass is 19.1. The van der Waals surface area contributed by atoms with E-state index in [9.17, 15) is 8.78 Å². The molecule has 0 spiro atoms. The summed E-state index contributed by atoms with van der Waals surface area (Å²) in [6.07, 6.45) is 2.52. The van der Waals surface area contributed by atoms with E-state index in [1.807, 2.05) is 0 Å². The topological polar surface area (TPSA) is 49.7 Å². The lowest BCUT2D eigenvalue weighted by Crippen LogP contribution is -2.17. The Bertz CT molecular complexity index is 686. The van der Waals surface area contributed by atoms with Crippen LogP contribution in [0.25, 0.3) is 0 Å². The van der Waals surface area contributed by atoms with Gasteiger partial charge in [-0.15, -0.1) is 6.58 Å². The van der Waals surface area contributed by atoms with Crippen molar-refractivity contribution < 1.29 is 23.7 Å². The van der Waals surface area contributed by atoms with Gasteiger partial charge in [0.05, 0.1) is 6.61 Å². The SMILES string of the molecule is C=CCc1cc(F)ccc1O.OCC1Cc2cc(F)ccc2O1. The number of halogens is 2. The molecule has 3 nitrogen and oxygen atoms in total. The van der Waals surface area contributed by atoms with Gasteiger partial charge in [-0.05, 0) is 42.8 Å². The molecule has 3 rings (SSSR count). The van der Waals surface area contributed by atoms with Gasteiger partial charge >= 0.3 is 0 Å². The molecule has 0 aromatic heterocycles. The van der Waals surface area contributed by atoms with Crippen LogP contribution in [0.5, 0.6) is 11.5 Å². The summed E-state index contributed by atoms with van der Waals surface area (Å²) in [7, 11) is 0. The Morgan fingerprint density at radius 1 is 1.17 bits per heavy atom. The quantitative estimate of drug-likeness (QED) is 0.853. The van der Waals surface area contributed by atoms with Gasteiger partial charge in [-0.25, -0.2) is 8.78 Å². The van der Waals surface area contributed by atoms with Crippen LogP contribution in [0, 0.1) is 11.6 Å². The highest BCUT2D eigenvalue weighted by molar-refractivity contribution is 5.37. The fourth-order valence-electron chi connectivity index (χ4n) is 2.26. The molecule has 1 unspecified atom stereocenters. The molecule has 2 aromatic carbocycles. The van der Waals surface area contributed by atoms with Crippen molar-refractivity contribution in [1.82, 2.24) is 0 Å². The van der Waals surface area contributed by atoms with Crippen molar-refractivity contribution in [3.05, 3.63) is 71.8 Å². The Morgan fingerprint density at radius 2 is 1.87 bits per heavy atom. The summed E-state index contributed by atoms with van der Waals surface area (Å²) < 4.78 is 30.5. The van der Waals surface area contributed by atoms with Crippen molar-refractivity contribution in [1.29, 1.82) is 0 Å². The molecule has 1 aliphatic heterocycles. The minimum absolute atomic E-state index is 0.0176. The number of aliphatic hydroxyl groups is 1. The predicted molar refractivity (Wildman–Crippen MR) is 83.6 cm³/mol. The first-order valence-corrected chi connectivity index (χ1v) is 7.17. The van der Waals surface area contributed by atoms with Crippen molar-refractivity contribution in [3.63, 3.8) is 0 Å². The first kappa shape index (κ1) is 17.0. The van der Waals surface area contributed by atoms with Gasteiger partial charge < -0.3 is 14.9 Å². The van der Waals surface area contributed by atoms with Gasteiger partial charge in [0.2, 0.25) is 0 Å². The molecule has 0 bridgehead atoms. The van der Waals surface area contributed by atoms with Crippen molar-refractivity contribution in [2.24, 2.45) is 0 Å². The molecule has 1 atom stereocenters. The van der Waals surface area contributed by atoms with E-state index in [4.69, 9.17) is 14.9 Å². The molecule has 0 saturated heterocycles. The Balaban J connectivity index is 0.000000168. The average Bonchev–Trinajstić information content (AvgIpc) is 2.94. The van der Waals surface area contributed by atoms with E-state index in [0.717, 1.165) is 5.56 Å². The van der Waals surface area contributed by atoms with E-state index in [-0.39, 0.29) is 30.1 Å². The zero-order valence-electron chi connectivity index (χ0n) is 12.5. The largest absolute Gasteiger partial charge is 0.508 e. The first-order chi connectivity index (χ1) is 11.0. The number of ether oxygens (including phenoxy) is 1. The van der Waals surface area contributed by atoms with Crippen LogP contribution < -0.4 is 4.74 Å². The summed E-state index contributed by atoms with van der Waals surface area (Å²) in [6, 6.07) is 8.27. The van der Waals surface area contributed by atoms with Crippen molar-refractivity contribution >= 4 is 0 Å². The zero-order valence-corrected chi connectivity index (χ0v) is 12.5. The van der Waals surface area contributed by atoms with Crippen LogP contribution in [0.3, 0.4) is 0 Å². The van der Waals surface area contributed by atoms with Gasteiger partial charge in [-0.1, -0.05) is 6.08 Å². The Hall–Kier alpha value is -2.40. The van der Waals surface area contributed by atoms with Crippen LogP contribution in [-0.4, -0.2) is 22.9 Å². The van der Waals surface area contributed by atoms with Gasteiger partial charge in [-0.2, -0.15) is 0 Å². The van der Waals surface area contributed by atoms with Crippen molar-refractivity contribution in [2.75, 3.05) is 6.61 Å². The molecule has 2 aromatic rings. The fraction of sp³-hybridized carbons (Fsp3) is 0.222. The highest BCUT2D eigenvalue weighted by Crippen LogP contribution is 2.28. The molecule has 5 heteroatoms. The summed E-state index contributed by atoms with van der Waals surface area (Å²) in [4.78, 5) is 0. The van der Waals surface area contributed by atoms with Crippen LogP contribution >= 0.6 is 0 Å². The van der Waals surface area contributed by atoms with Gasteiger partial charge in [0, 0.05) is 17.5 Å². The molecule has 0 saturated carbocycles. The Morgan fingerprint density at radius 3 is 2.57 bits per heavy atom. The Kier molecular flexibility index (Phi) is 5.71. The third kappa shape index (κ3) is 4.53. The molecule has 0 fully saturated rings. The summed E-state index contributed by atoms with van der Waals surface area (Å²) in [5, 5.41) is 17.9. The minimum Gasteiger partial charge on any atom is -0.508 e. The van der Waals surface area contributed by atoms with E-state index in [1.165, 1.54) is 30.3 Å². The minimum atomic E-state index is -0.334. The standard InChI is InChI=1S/C9H9FO2.C9H9FO/c10-7-1-2-9-6(3-7)4-8(5-11)12-9;1-2-3-7-6-8(10)4-5-9(7)11/h1-3,8,11H,4-5H2;2,4-6,11H,1,3H2. The first-order valence-electron chi connectivity index (χ1n) is 7.17. The molecule has 0 amide bonds. The summed E-state index contributed by atoms with van der Waals surface area (Å²) in [5.74, 6) is 0.220. The Labute approximate surface area is 133 Å². The number of fused-ring (bicyclic) bond motifs is 1. The third-order valence-corrected chi connectivity index (χ3v) is 3.37. The van der Waals surface area contributed by atoms with E-state index in [2.05, 4.69) is 6.58 Å². The van der Waals surface area contributed by atoms with Crippen LogP contribution in [0.2, 0.25) is 0 Å². The molecular formula is C18H18F2O3. The van der Waals surface area contributed by atoms with E-state index in [1.54, 1.807) is 12.1 Å². The number of hydrogen-bond donors (Lipinski definition) is 2. The van der Waals surface area contributed by atoms with Crippen LogP contribution in [0.1, 0.15) is 11.1 Å². The van der Waals surface area contributed by atoms with Crippen molar-refractivity contribution in [3.8, 4) is 11.5 Å². The van der Waals surface area contributed by atoms with Gasteiger partial charge in [0.15, 0.2) is 0 Å². The monoisotopic (exact) mass is 320 g/mol. The normalized spacial score (nSPS) is 15.2. The smallest absolute Gasteiger partial charge is 0.126 e. The maximum absolute atomic E-state index is 12.7. The molecule has 0 aliphatic carbocycles. The molecule has 0 radical (unpaired) electrons. The molecular weight excluding hydrogens is 302 g/mol.